The first-order valence-corrected chi connectivity index (χ1v) is 3.90. The molecule has 1 rings (SSSR count). The molecule has 0 fully saturated rings. The normalized spacial score (nSPS) is 12.3. The molecule has 0 aliphatic heterocycles. The van der Waals surface area contributed by atoms with Gasteiger partial charge in [0.15, 0.2) is 5.82 Å². The number of nitrogens with zero attached hydrogens (tertiary/aromatic N) is 2. The Bertz CT molecular complexity index is 315. The van der Waals surface area contributed by atoms with Crippen molar-refractivity contribution in [2.24, 2.45) is 7.05 Å². The second kappa shape index (κ2) is 4.19. The van der Waals surface area contributed by atoms with E-state index >= 15 is 0 Å². The van der Waals surface area contributed by atoms with E-state index in [2.05, 4.69) is 5.10 Å². The molecule has 4 nitrogen and oxygen atoms in total. The Morgan fingerprint density at radius 3 is 2.33 bits per heavy atom. The largest absolute Gasteiger partial charge is 1.00 e. The van der Waals surface area contributed by atoms with Gasteiger partial charge in [0.1, 0.15) is 5.03 Å². The number of rotatable bonds is 1. The van der Waals surface area contributed by atoms with Crippen LogP contribution in [0.4, 0.5) is 4.39 Å². The zero-order valence-corrected chi connectivity index (χ0v) is 7.81. The van der Waals surface area contributed by atoms with Crippen LogP contribution in [0.15, 0.2) is 5.03 Å². The van der Waals surface area contributed by atoms with Crippen molar-refractivity contribution < 1.29 is 32.0 Å². The van der Waals surface area contributed by atoms with Gasteiger partial charge in [-0.25, -0.2) is 4.39 Å². The van der Waals surface area contributed by atoms with Crippen LogP contribution in [0, 0.1) is 12.7 Å². The number of aryl methyl sites for hydroxylation is 2. The van der Waals surface area contributed by atoms with Gasteiger partial charge >= 0.3 is 18.9 Å². The molecule has 0 amide bonds. The molecule has 0 radical (unpaired) electrons. The topological polar surface area (TPSA) is 58.0 Å². The summed E-state index contributed by atoms with van der Waals surface area (Å²) in [7, 11) is 1.38. The van der Waals surface area contributed by atoms with Crippen molar-refractivity contribution in [3.05, 3.63) is 11.5 Å². The summed E-state index contributed by atoms with van der Waals surface area (Å²) in [6, 6.07) is 0. The first-order valence-electron chi connectivity index (χ1n) is 2.82. The van der Waals surface area contributed by atoms with Crippen LogP contribution in [0.3, 0.4) is 0 Å². The number of aromatic nitrogens is 2. The third-order valence-corrected chi connectivity index (χ3v) is 2.02. The van der Waals surface area contributed by atoms with E-state index in [0.717, 1.165) is 4.68 Å². The molecule has 0 saturated heterocycles. The third kappa shape index (κ3) is 1.96. The van der Waals surface area contributed by atoms with E-state index in [0.29, 0.717) is 0 Å². The molecule has 1 aromatic heterocycles. The maximum atomic E-state index is 12.8. The fraction of sp³-hybridized carbons (Fsp3) is 0.400. The number of hydrogen-bond acceptors (Lipinski definition) is 3. The van der Waals surface area contributed by atoms with E-state index in [1.54, 1.807) is 0 Å². The van der Waals surface area contributed by atoms with Crippen molar-refractivity contribution >= 4 is 11.1 Å². The van der Waals surface area contributed by atoms with Crippen molar-refractivity contribution in [3.8, 4) is 0 Å². The van der Waals surface area contributed by atoms with Gasteiger partial charge in [0, 0.05) is 7.05 Å². The van der Waals surface area contributed by atoms with E-state index in [-0.39, 0.29) is 24.6 Å². The Hall–Kier alpha value is -0.153. The fourth-order valence-electron chi connectivity index (χ4n) is 0.792. The summed E-state index contributed by atoms with van der Waals surface area (Å²) in [5.41, 5.74) is 0.0895. The summed E-state index contributed by atoms with van der Waals surface area (Å²) in [4.78, 5) is 0. The summed E-state index contributed by atoms with van der Waals surface area (Å²) in [6.45, 7) is 1.41. The van der Waals surface area contributed by atoms with Gasteiger partial charge in [-0.3, -0.25) is 8.89 Å². The fourth-order valence-corrected chi connectivity index (χ4v) is 1.34. The maximum Gasteiger partial charge on any atom is 1.00 e. The van der Waals surface area contributed by atoms with E-state index < -0.39 is 21.9 Å². The van der Waals surface area contributed by atoms with Gasteiger partial charge in [-0.2, -0.15) is 5.10 Å². The average Bonchev–Trinajstić information content (AvgIpc) is 2.07. The van der Waals surface area contributed by atoms with Gasteiger partial charge in [-0.05, 0) is 18.0 Å². The number of hydrogen-bond donors (Lipinski definition) is 0. The average molecular weight is 184 g/mol. The quantitative estimate of drug-likeness (QED) is 0.348. The predicted molar refractivity (Wildman–Crippen MR) is 35.1 cm³/mol. The van der Waals surface area contributed by atoms with E-state index in [1.165, 1.54) is 14.0 Å². The van der Waals surface area contributed by atoms with Crippen molar-refractivity contribution in [1.29, 1.82) is 0 Å². The summed E-state index contributed by atoms with van der Waals surface area (Å²) >= 11 is -2.56. The van der Waals surface area contributed by atoms with Crippen LogP contribution < -0.4 is 18.9 Å². The van der Waals surface area contributed by atoms with Crippen LogP contribution in [0.25, 0.3) is 0 Å². The minimum atomic E-state index is -2.56. The van der Waals surface area contributed by atoms with E-state index in [4.69, 9.17) is 0 Å². The molecule has 0 spiro atoms. The molecule has 1 aromatic rings. The molecule has 1 heterocycles. The summed E-state index contributed by atoms with van der Waals surface area (Å²) in [5.74, 6) is -0.777. The van der Waals surface area contributed by atoms with Crippen LogP contribution in [-0.4, -0.2) is 18.5 Å². The van der Waals surface area contributed by atoms with Gasteiger partial charge in [0.25, 0.3) is 0 Å². The molecule has 12 heavy (non-hydrogen) atoms. The van der Waals surface area contributed by atoms with Crippen LogP contribution >= 0.6 is 0 Å². The molecule has 0 bridgehead atoms. The zero-order chi connectivity index (χ0) is 8.59. The van der Waals surface area contributed by atoms with Gasteiger partial charge in [0.05, 0.1) is 5.69 Å². The predicted octanol–water partition coefficient (Wildman–Crippen LogP) is -2.89. The molecule has 0 N–H and O–H groups in total. The van der Waals surface area contributed by atoms with Crippen LogP contribution in [0.2, 0.25) is 0 Å². The molecule has 1 unspecified atom stereocenters. The Labute approximate surface area is 83.6 Å². The first-order chi connectivity index (χ1) is 5.04. The molecular weight excluding hydrogens is 178 g/mol. The minimum absolute atomic E-state index is 0. The standard InChI is InChI=1S/C5H7FN2O2S.Li/c1-3-4(6)5(11(9)10)8(2)7-3;/h1-2H3,(H,9,10);/q;+1/p-1. The molecule has 0 aliphatic rings. The monoisotopic (exact) mass is 184 g/mol. The second-order valence-corrected chi connectivity index (χ2v) is 2.92. The van der Waals surface area contributed by atoms with E-state index in [9.17, 15) is 13.2 Å². The number of halogens is 1. The van der Waals surface area contributed by atoms with Crippen molar-refractivity contribution in [2.45, 2.75) is 11.9 Å². The van der Waals surface area contributed by atoms with Gasteiger partial charge < -0.3 is 4.55 Å². The van der Waals surface area contributed by atoms with Crippen LogP contribution in [0.1, 0.15) is 5.69 Å². The maximum absolute atomic E-state index is 12.8. The summed E-state index contributed by atoms with van der Waals surface area (Å²) < 4.78 is 34.5. The molecule has 0 saturated carbocycles. The molecule has 0 aromatic carbocycles. The van der Waals surface area contributed by atoms with Crippen LogP contribution in [0.5, 0.6) is 0 Å². The van der Waals surface area contributed by atoms with Gasteiger partial charge in [-0.1, -0.05) is 0 Å². The van der Waals surface area contributed by atoms with Crippen LogP contribution in [-0.2, 0) is 18.1 Å². The Kier molecular flexibility index (Phi) is 4.14. The van der Waals surface area contributed by atoms with Crippen molar-refractivity contribution in [2.75, 3.05) is 0 Å². The Morgan fingerprint density at radius 1 is 1.67 bits per heavy atom. The summed E-state index contributed by atoms with van der Waals surface area (Å²) in [6.07, 6.45) is 0. The van der Waals surface area contributed by atoms with E-state index in [1.807, 2.05) is 0 Å². The molecule has 7 heteroatoms. The van der Waals surface area contributed by atoms with Gasteiger partial charge in [-0.15, -0.1) is 0 Å². The molecule has 1 atom stereocenters. The second-order valence-electron chi connectivity index (χ2n) is 2.06. The Balaban J connectivity index is 0.00000121. The third-order valence-electron chi connectivity index (χ3n) is 1.26. The Morgan fingerprint density at radius 2 is 2.17 bits per heavy atom. The van der Waals surface area contributed by atoms with Crippen molar-refractivity contribution in [1.82, 2.24) is 9.78 Å². The molecule has 0 aliphatic carbocycles. The molecular formula is C5H6FLiN2O2S. The van der Waals surface area contributed by atoms with Crippen molar-refractivity contribution in [3.63, 3.8) is 0 Å². The van der Waals surface area contributed by atoms with Gasteiger partial charge in [0.2, 0.25) is 0 Å². The summed E-state index contributed by atoms with van der Waals surface area (Å²) in [5, 5.41) is 3.18. The SMILES string of the molecule is Cc1nn(C)c(S(=O)[O-])c1F.[Li+]. The smallest absolute Gasteiger partial charge is 0.767 e. The molecule has 62 valence electrons. The zero-order valence-electron chi connectivity index (χ0n) is 7.00. The minimum Gasteiger partial charge on any atom is -0.767 e. The first kappa shape index (κ1) is 11.8.